The number of benzene rings is 1. The van der Waals surface area contributed by atoms with Gasteiger partial charge in [0.2, 0.25) is 5.95 Å². The zero-order valence-electron chi connectivity index (χ0n) is 16.1. The van der Waals surface area contributed by atoms with Crippen LogP contribution in [0, 0.1) is 6.92 Å². The topological polar surface area (TPSA) is 64.7 Å². The summed E-state index contributed by atoms with van der Waals surface area (Å²) in [6.07, 6.45) is 6.02. The fraction of sp³-hybridized carbons (Fsp3) is 0.381. The average Bonchev–Trinajstić information content (AvgIpc) is 3.36. The molecule has 3 heterocycles. The first-order chi connectivity index (χ1) is 13.6. The fourth-order valence-electron chi connectivity index (χ4n) is 4.32. The van der Waals surface area contributed by atoms with Gasteiger partial charge >= 0.3 is 0 Å². The summed E-state index contributed by atoms with van der Waals surface area (Å²) in [7, 11) is 1.91. The van der Waals surface area contributed by atoms with E-state index in [2.05, 4.69) is 21.0 Å². The zero-order chi connectivity index (χ0) is 19.3. The Hall–Kier alpha value is -2.67. The van der Waals surface area contributed by atoms with Crippen molar-refractivity contribution in [2.75, 3.05) is 5.32 Å². The lowest BCUT2D eigenvalue weighted by atomic mass is 9.95. The largest absolute Gasteiger partial charge is 0.307 e. The molecule has 7 heteroatoms. The number of nitrogens with one attached hydrogen (secondary N) is 1. The smallest absolute Gasteiger partial charge is 0.268 e. The molecule has 0 spiro atoms. The van der Waals surface area contributed by atoms with Gasteiger partial charge in [0.1, 0.15) is 4.83 Å². The summed E-state index contributed by atoms with van der Waals surface area (Å²) in [5, 5.41) is 8.55. The van der Waals surface area contributed by atoms with E-state index in [0.717, 1.165) is 39.8 Å². The van der Waals surface area contributed by atoms with Crippen LogP contribution in [0.15, 0.2) is 30.3 Å². The quantitative estimate of drug-likeness (QED) is 0.530. The SMILES string of the molecule is Cc1nn(C)c2sc(C(=O)Nc3nc4ccccc4n3C3CCCCC3)cc12. The molecule has 0 saturated heterocycles. The van der Waals surface area contributed by atoms with Gasteiger partial charge in [0.15, 0.2) is 0 Å². The van der Waals surface area contributed by atoms with Crippen LogP contribution in [-0.4, -0.2) is 25.2 Å². The summed E-state index contributed by atoms with van der Waals surface area (Å²) in [5.74, 6) is 0.554. The highest BCUT2D eigenvalue weighted by Gasteiger charge is 2.23. The number of carbonyl (C=O) groups excluding carboxylic acids is 1. The van der Waals surface area contributed by atoms with Gasteiger partial charge in [-0.15, -0.1) is 11.3 Å². The van der Waals surface area contributed by atoms with E-state index in [-0.39, 0.29) is 5.91 Å². The highest BCUT2D eigenvalue weighted by molar-refractivity contribution is 7.20. The molecule has 6 nitrogen and oxygen atoms in total. The van der Waals surface area contributed by atoms with Crippen molar-refractivity contribution in [1.29, 1.82) is 0 Å². The van der Waals surface area contributed by atoms with Gasteiger partial charge in [0, 0.05) is 18.5 Å². The van der Waals surface area contributed by atoms with E-state index >= 15 is 0 Å². The monoisotopic (exact) mass is 393 g/mol. The highest BCUT2D eigenvalue weighted by Crippen LogP contribution is 2.35. The van der Waals surface area contributed by atoms with Crippen LogP contribution in [-0.2, 0) is 7.05 Å². The molecular weight excluding hydrogens is 370 g/mol. The first-order valence-electron chi connectivity index (χ1n) is 9.83. The standard InChI is InChI=1S/C21H23N5OS/c1-13-15-12-18(28-20(15)25(2)24-13)19(27)23-21-22-16-10-6-7-11-17(16)26(21)14-8-4-3-5-9-14/h6-7,10-12,14H,3-5,8-9H2,1-2H3,(H,22,23,27). The minimum atomic E-state index is -0.104. The number of carbonyl (C=O) groups is 1. The molecule has 1 saturated carbocycles. The first kappa shape index (κ1) is 17.4. The molecule has 3 aromatic heterocycles. The molecule has 5 rings (SSSR count). The number of hydrogen-bond donors (Lipinski definition) is 1. The number of imidazole rings is 1. The van der Waals surface area contributed by atoms with Crippen LogP contribution < -0.4 is 5.32 Å². The Morgan fingerprint density at radius 3 is 2.79 bits per heavy atom. The Kier molecular flexibility index (Phi) is 4.19. The Morgan fingerprint density at radius 1 is 1.21 bits per heavy atom. The summed E-state index contributed by atoms with van der Waals surface area (Å²) < 4.78 is 4.08. The number of anilines is 1. The van der Waals surface area contributed by atoms with Crippen molar-refractivity contribution in [3.8, 4) is 0 Å². The van der Waals surface area contributed by atoms with Gasteiger partial charge in [-0.05, 0) is 38.0 Å². The molecular formula is C21H23N5OS. The summed E-state index contributed by atoms with van der Waals surface area (Å²) >= 11 is 1.47. The van der Waals surface area contributed by atoms with Crippen LogP contribution in [0.5, 0.6) is 0 Å². The molecule has 1 aliphatic carbocycles. The van der Waals surface area contributed by atoms with E-state index in [9.17, 15) is 4.79 Å². The minimum Gasteiger partial charge on any atom is -0.307 e. The van der Waals surface area contributed by atoms with E-state index in [0.29, 0.717) is 16.9 Å². The van der Waals surface area contributed by atoms with Gasteiger partial charge in [-0.2, -0.15) is 5.10 Å². The highest BCUT2D eigenvalue weighted by atomic mass is 32.1. The molecule has 0 aliphatic heterocycles. The van der Waals surface area contributed by atoms with Gasteiger partial charge in [-0.1, -0.05) is 31.4 Å². The lowest BCUT2D eigenvalue weighted by molar-refractivity contribution is 0.102. The number of thiophene rings is 1. The maximum absolute atomic E-state index is 13.0. The van der Waals surface area contributed by atoms with Crippen LogP contribution in [0.4, 0.5) is 5.95 Å². The number of nitrogens with zero attached hydrogens (tertiary/aromatic N) is 4. The van der Waals surface area contributed by atoms with Crippen LogP contribution in [0.25, 0.3) is 21.3 Å². The summed E-state index contributed by atoms with van der Waals surface area (Å²) in [4.78, 5) is 19.5. The average molecular weight is 394 g/mol. The lowest BCUT2D eigenvalue weighted by Crippen LogP contribution is -2.19. The third-order valence-corrected chi connectivity index (χ3v) is 6.88. The van der Waals surface area contributed by atoms with Crippen LogP contribution in [0.1, 0.15) is 53.5 Å². The van der Waals surface area contributed by atoms with Crippen molar-refractivity contribution >= 4 is 44.4 Å². The molecule has 0 atom stereocenters. The first-order valence-corrected chi connectivity index (χ1v) is 10.6. The van der Waals surface area contributed by atoms with E-state index < -0.39 is 0 Å². The summed E-state index contributed by atoms with van der Waals surface area (Å²) in [5.41, 5.74) is 2.98. The second kappa shape index (κ2) is 6.74. The molecule has 1 aliphatic rings. The van der Waals surface area contributed by atoms with Gasteiger partial charge in [-0.3, -0.25) is 14.8 Å². The zero-order valence-corrected chi connectivity index (χ0v) is 16.9. The Labute approximate surface area is 167 Å². The number of para-hydroxylation sites is 2. The second-order valence-electron chi connectivity index (χ2n) is 7.58. The summed E-state index contributed by atoms with van der Waals surface area (Å²) in [6.45, 7) is 1.97. The molecule has 144 valence electrons. The van der Waals surface area contributed by atoms with Crippen molar-refractivity contribution in [1.82, 2.24) is 19.3 Å². The molecule has 1 fully saturated rings. The van der Waals surface area contributed by atoms with E-state index in [1.807, 2.05) is 42.9 Å². The maximum atomic E-state index is 13.0. The number of fused-ring (bicyclic) bond motifs is 2. The van der Waals surface area contributed by atoms with E-state index in [1.54, 1.807) is 0 Å². The van der Waals surface area contributed by atoms with Crippen molar-refractivity contribution < 1.29 is 4.79 Å². The molecule has 0 bridgehead atoms. The third-order valence-electron chi connectivity index (χ3n) is 5.68. The Balaban J connectivity index is 1.53. The normalized spacial score (nSPS) is 15.5. The van der Waals surface area contributed by atoms with E-state index in [1.165, 1.54) is 30.6 Å². The van der Waals surface area contributed by atoms with Crippen molar-refractivity contribution in [3.05, 3.63) is 40.9 Å². The minimum absolute atomic E-state index is 0.104. The Morgan fingerprint density at radius 2 is 2.00 bits per heavy atom. The second-order valence-corrected chi connectivity index (χ2v) is 8.61. The van der Waals surface area contributed by atoms with Gasteiger partial charge in [-0.25, -0.2) is 4.98 Å². The van der Waals surface area contributed by atoms with Gasteiger partial charge < -0.3 is 4.57 Å². The number of amides is 1. The lowest BCUT2D eigenvalue weighted by Gasteiger charge is -2.25. The molecule has 28 heavy (non-hydrogen) atoms. The Bertz CT molecular complexity index is 1140. The molecule has 0 radical (unpaired) electrons. The predicted octanol–water partition coefficient (Wildman–Crippen LogP) is 5.05. The third kappa shape index (κ3) is 2.81. The fourth-order valence-corrected chi connectivity index (χ4v) is 5.34. The van der Waals surface area contributed by atoms with E-state index in [4.69, 9.17) is 4.98 Å². The van der Waals surface area contributed by atoms with Crippen molar-refractivity contribution in [2.45, 2.75) is 45.1 Å². The molecule has 1 N–H and O–H groups in total. The number of aryl methyl sites for hydroxylation is 2. The van der Waals surface area contributed by atoms with Gasteiger partial charge in [0.05, 0.1) is 21.6 Å². The molecule has 1 aromatic carbocycles. The van der Waals surface area contributed by atoms with Crippen LogP contribution in [0.2, 0.25) is 0 Å². The molecule has 4 aromatic rings. The molecule has 1 amide bonds. The molecule has 0 unspecified atom stereocenters. The maximum Gasteiger partial charge on any atom is 0.268 e. The summed E-state index contributed by atoms with van der Waals surface area (Å²) in [6, 6.07) is 10.5. The van der Waals surface area contributed by atoms with Crippen LogP contribution in [0.3, 0.4) is 0 Å². The van der Waals surface area contributed by atoms with Crippen molar-refractivity contribution in [3.63, 3.8) is 0 Å². The number of hydrogen-bond acceptors (Lipinski definition) is 4. The van der Waals surface area contributed by atoms with Crippen molar-refractivity contribution in [2.24, 2.45) is 7.05 Å². The van der Waals surface area contributed by atoms with Gasteiger partial charge in [0.25, 0.3) is 5.91 Å². The number of rotatable bonds is 3. The predicted molar refractivity (Wildman–Crippen MR) is 113 cm³/mol. The van der Waals surface area contributed by atoms with Crippen LogP contribution >= 0.6 is 11.3 Å². The number of aromatic nitrogens is 4.